The second-order valence-electron chi connectivity index (χ2n) is 8.12. The van der Waals surface area contributed by atoms with E-state index in [2.05, 4.69) is 25.4 Å². The molecule has 3 rings (SSSR count). The van der Waals surface area contributed by atoms with E-state index in [1.165, 1.54) is 19.5 Å². The Morgan fingerprint density at radius 3 is 2.42 bits per heavy atom. The molecule has 0 aromatic carbocycles. The van der Waals surface area contributed by atoms with Crippen molar-refractivity contribution in [2.45, 2.75) is 33.3 Å². The van der Waals surface area contributed by atoms with Gasteiger partial charge in [0.2, 0.25) is 5.88 Å². The number of nitrogens with zero attached hydrogens (tertiary/aromatic N) is 6. The number of anilines is 1. The SMILES string of the molecule is CCN(C)C(=O)c1cc(-c2cnc(NC(=O)OC(C)(C)C)cn2)n(-c2ccc(OC)nc2)n1. The maximum atomic E-state index is 12.7. The highest BCUT2D eigenvalue weighted by molar-refractivity contribution is 5.93. The summed E-state index contributed by atoms with van der Waals surface area (Å²) in [6, 6.07) is 5.11. The molecule has 0 unspecified atom stereocenters. The Labute approximate surface area is 191 Å². The Morgan fingerprint density at radius 1 is 1.12 bits per heavy atom. The first-order chi connectivity index (χ1) is 15.6. The molecule has 1 N–H and O–H groups in total. The molecule has 0 aliphatic rings. The van der Waals surface area contributed by atoms with Crippen molar-refractivity contribution in [2.24, 2.45) is 0 Å². The predicted octanol–water partition coefficient (Wildman–Crippen LogP) is 3.17. The molecule has 0 bridgehead atoms. The number of amides is 2. The van der Waals surface area contributed by atoms with Gasteiger partial charge in [-0.15, -0.1) is 0 Å². The third-order valence-corrected chi connectivity index (χ3v) is 4.47. The fourth-order valence-corrected chi connectivity index (χ4v) is 2.76. The third-order valence-electron chi connectivity index (χ3n) is 4.47. The van der Waals surface area contributed by atoms with Crippen LogP contribution in [0, 0.1) is 0 Å². The van der Waals surface area contributed by atoms with Crippen LogP contribution in [0.25, 0.3) is 17.1 Å². The molecule has 0 radical (unpaired) electrons. The third kappa shape index (κ3) is 5.82. The van der Waals surface area contributed by atoms with Crippen LogP contribution in [0.2, 0.25) is 0 Å². The molecule has 0 atom stereocenters. The summed E-state index contributed by atoms with van der Waals surface area (Å²) in [5, 5.41) is 7.02. The molecule has 174 valence electrons. The molecular formula is C22H27N7O4. The minimum atomic E-state index is -0.634. The molecule has 0 fully saturated rings. The molecule has 0 aliphatic heterocycles. The Balaban J connectivity index is 1.95. The van der Waals surface area contributed by atoms with E-state index in [-0.39, 0.29) is 17.4 Å². The second-order valence-corrected chi connectivity index (χ2v) is 8.12. The van der Waals surface area contributed by atoms with Gasteiger partial charge in [0.05, 0.1) is 37.1 Å². The van der Waals surface area contributed by atoms with Crippen molar-refractivity contribution >= 4 is 17.8 Å². The monoisotopic (exact) mass is 453 g/mol. The summed E-state index contributed by atoms with van der Waals surface area (Å²) in [6.07, 6.45) is 3.84. The van der Waals surface area contributed by atoms with Crippen molar-refractivity contribution in [3.8, 4) is 23.0 Å². The number of methoxy groups -OCH3 is 1. The first-order valence-electron chi connectivity index (χ1n) is 10.3. The highest BCUT2D eigenvalue weighted by atomic mass is 16.6. The van der Waals surface area contributed by atoms with Crippen molar-refractivity contribution in [3.05, 3.63) is 42.5 Å². The summed E-state index contributed by atoms with van der Waals surface area (Å²) in [4.78, 5) is 39.1. The summed E-state index contributed by atoms with van der Waals surface area (Å²) >= 11 is 0. The maximum absolute atomic E-state index is 12.7. The highest BCUT2D eigenvalue weighted by Crippen LogP contribution is 2.24. The van der Waals surface area contributed by atoms with Gasteiger partial charge in [0, 0.05) is 19.7 Å². The van der Waals surface area contributed by atoms with Crippen LogP contribution in [0.3, 0.4) is 0 Å². The number of rotatable bonds is 6. The van der Waals surface area contributed by atoms with E-state index < -0.39 is 11.7 Å². The van der Waals surface area contributed by atoms with Crippen LogP contribution in [0.5, 0.6) is 5.88 Å². The van der Waals surface area contributed by atoms with Crippen LogP contribution in [-0.4, -0.2) is 67.9 Å². The van der Waals surface area contributed by atoms with Crippen LogP contribution in [0.1, 0.15) is 38.2 Å². The fraction of sp³-hybridized carbons (Fsp3) is 0.364. The number of pyridine rings is 1. The molecule has 11 nitrogen and oxygen atoms in total. The topological polar surface area (TPSA) is 124 Å². The standard InChI is InChI=1S/C22H27N7O4/c1-7-28(5)20(30)15-10-17(29(27-15)14-8-9-19(32-6)25-11-14)16-12-24-18(13-23-16)26-21(31)33-22(2,3)4/h8-13H,7H2,1-6H3,(H,24,26,31). The molecule has 0 saturated carbocycles. The smallest absolute Gasteiger partial charge is 0.413 e. The number of aromatic nitrogens is 5. The van der Waals surface area contributed by atoms with E-state index in [4.69, 9.17) is 9.47 Å². The normalized spacial score (nSPS) is 11.1. The average molecular weight is 454 g/mol. The summed E-state index contributed by atoms with van der Waals surface area (Å²) in [6.45, 7) is 7.73. The first kappa shape index (κ1) is 23.6. The molecule has 11 heteroatoms. The Kier molecular flexibility index (Phi) is 6.90. The lowest BCUT2D eigenvalue weighted by Crippen LogP contribution is -2.27. The van der Waals surface area contributed by atoms with Gasteiger partial charge in [-0.05, 0) is 39.8 Å². The lowest BCUT2D eigenvalue weighted by molar-refractivity contribution is 0.0634. The minimum absolute atomic E-state index is 0.227. The second kappa shape index (κ2) is 9.63. The van der Waals surface area contributed by atoms with E-state index in [1.807, 2.05) is 6.92 Å². The van der Waals surface area contributed by atoms with Crippen LogP contribution >= 0.6 is 0 Å². The van der Waals surface area contributed by atoms with Gasteiger partial charge in [0.15, 0.2) is 11.5 Å². The first-order valence-corrected chi connectivity index (χ1v) is 10.3. The van der Waals surface area contributed by atoms with Crippen LogP contribution < -0.4 is 10.1 Å². The zero-order chi connectivity index (χ0) is 24.2. The zero-order valence-corrected chi connectivity index (χ0v) is 19.5. The lowest BCUT2D eigenvalue weighted by Gasteiger charge is -2.19. The average Bonchev–Trinajstić information content (AvgIpc) is 3.22. The largest absolute Gasteiger partial charge is 0.481 e. The van der Waals surface area contributed by atoms with Gasteiger partial charge in [-0.25, -0.2) is 24.4 Å². The highest BCUT2D eigenvalue weighted by Gasteiger charge is 2.21. The van der Waals surface area contributed by atoms with Crippen molar-refractivity contribution in [3.63, 3.8) is 0 Å². The Bertz CT molecular complexity index is 1120. The number of ether oxygens (including phenoxy) is 2. The van der Waals surface area contributed by atoms with Gasteiger partial charge in [0.1, 0.15) is 11.3 Å². The molecule has 0 aliphatic carbocycles. The van der Waals surface area contributed by atoms with Crippen molar-refractivity contribution in [1.82, 2.24) is 29.6 Å². The van der Waals surface area contributed by atoms with Crippen LogP contribution in [0.4, 0.5) is 10.6 Å². The van der Waals surface area contributed by atoms with Gasteiger partial charge in [-0.1, -0.05) is 0 Å². The van der Waals surface area contributed by atoms with Crippen LogP contribution in [0.15, 0.2) is 36.8 Å². The fourth-order valence-electron chi connectivity index (χ4n) is 2.76. The molecule has 3 aromatic rings. The Morgan fingerprint density at radius 2 is 1.88 bits per heavy atom. The van der Waals surface area contributed by atoms with E-state index in [0.29, 0.717) is 29.5 Å². The quantitative estimate of drug-likeness (QED) is 0.603. The molecule has 33 heavy (non-hydrogen) atoms. The summed E-state index contributed by atoms with van der Waals surface area (Å²) in [5.41, 5.74) is 1.22. The number of nitrogens with one attached hydrogen (secondary N) is 1. The van der Waals surface area contributed by atoms with Gasteiger partial charge in [0.25, 0.3) is 5.91 Å². The molecule has 0 saturated heterocycles. The molecule has 3 aromatic heterocycles. The molecular weight excluding hydrogens is 426 g/mol. The van der Waals surface area contributed by atoms with Gasteiger partial charge < -0.3 is 14.4 Å². The number of hydrogen-bond acceptors (Lipinski definition) is 8. The van der Waals surface area contributed by atoms with E-state index in [1.54, 1.807) is 61.8 Å². The van der Waals surface area contributed by atoms with E-state index in [9.17, 15) is 9.59 Å². The van der Waals surface area contributed by atoms with Crippen LogP contribution in [-0.2, 0) is 4.74 Å². The minimum Gasteiger partial charge on any atom is -0.481 e. The lowest BCUT2D eigenvalue weighted by atomic mass is 10.2. The van der Waals surface area contributed by atoms with Gasteiger partial charge >= 0.3 is 6.09 Å². The molecule has 3 heterocycles. The number of hydrogen-bond donors (Lipinski definition) is 1. The number of carbonyl (C=O) groups is 2. The molecule has 2 amide bonds. The van der Waals surface area contributed by atoms with Gasteiger partial charge in [-0.3, -0.25) is 10.1 Å². The van der Waals surface area contributed by atoms with Crippen molar-refractivity contribution in [1.29, 1.82) is 0 Å². The predicted molar refractivity (Wildman–Crippen MR) is 121 cm³/mol. The van der Waals surface area contributed by atoms with E-state index >= 15 is 0 Å². The Hall–Kier alpha value is -4.02. The maximum Gasteiger partial charge on any atom is 0.413 e. The number of carbonyl (C=O) groups excluding carboxylic acids is 2. The summed E-state index contributed by atoms with van der Waals surface area (Å²) in [7, 11) is 3.23. The van der Waals surface area contributed by atoms with Crippen molar-refractivity contribution in [2.75, 3.05) is 26.0 Å². The van der Waals surface area contributed by atoms with E-state index in [0.717, 1.165) is 0 Å². The van der Waals surface area contributed by atoms with Gasteiger partial charge in [-0.2, -0.15) is 5.10 Å². The molecule has 0 spiro atoms. The summed E-state index contributed by atoms with van der Waals surface area (Å²) < 4.78 is 11.9. The van der Waals surface area contributed by atoms with Crippen molar-refractivity contribution < 1.29 is 19.1 Å². The zero-order valence-electron chi connectivity index (χ0n) is 19.5. The summed E-state index contributed by atoms with van der Waals surface area (Å²) in [5.74, 6) is 0.453.